The van der Waals surface area contributed by atoms with E-state index in [0.29, 0.717) is 19.4 Å². The van der Waals surface area contributed by atoms with Gasteiger partial charge in [0.2, 0.25) is 5.91 Å². The Labute approximate surface area is 107 Å². The minimum atomic E-state index is -0.863. The number of rotatable bonds is 4. The van der Waals surface area contributed by atoms with Crippen LogP contribution in [-0.2, 0) is 9.59 Å². The van der Waals surface area contributed by atoms with Crippen LogP contribution in [0, 0.1) is 11.8 Å². The van der Waals surface area contributed by atoms with Crippen molar-refractivity contribution in [1.82, 2.24) is 4.90 Å². The standard InChI is InChI=1S/C13H21NO4/c1-8(15)6-9-4-2-3-5-14(9)12(16)10-7-11(10)13(17)18/h8-11,15H,2-7H2,1H3,(H,17,18)/t8?,9?,10-,11+/m1/s1. The van der Waals surface area contributed by atoms with Crippen molar-refractivity contribution in [2.24, 2.45) is 11.8 Å². The molecule has 2 rings (SSSR count). The fourth-order valence-corrected chi connectivity index (χ4v) is 2.88. The van der Waals surface area contributed by atoms with Crippen molar-refractivity contribution >= 4 is 11.9 Å². The Hall–Kier alpha value is -1.10. The first kappa shape index (κ1) is 13.3. The number of likely N-dealkylation sites (tertiary alicyclic amines) is 1. The van der Waals surface area contributed by atoms with Crippen molar-refractivity contribution < 1.29 is 19.8 Å². The molecule has 0 aromatic carbocycles. The summed E-state index contributed by atoms with van der Waals surface area (Å²) in [6.07, 6.45) is 3.63. The van der Waals surface area contributed by atoms with Crippen LogP contribution in [0.5, 0.6) is 0 Å². The van der Waals surface area contributed by atoms with E-state index >= 15 is 0 Å². The summed E-state index contributed by atoms with van der Waals surface area (Å²) < 4.78 is 0. The number of carboxylic acids is 1. The molecule has 0 aromatic heterocycles. The first-order chi connectivity index (χ1) is 8.50. The molecule has 2 N–H and O–H groups in total. The summed E-state index contributed by atoms with van der Waals surface area (Å²) in [4.78, 5) is 24.9. The van der Waals surface area contributed by atoms with Crippen molar-refractivity contribution in [3.63, 3.8) is 0 Å². The lowest BCUT2D eigenvalue weighted by Gasteiger charge is -2.36. The van der Waals surface area contributed by atoms with Crippen molar-refractivity contribution in [2.75, 3.05) is 6.54 Å². The van der Waals surface area contributed by atoms with Crippen LogP contribution in [-0.4, -0.2) is 45.7 Å². The molecule has 1 aliphatic heterocycles. The van der Waals surface area contributed by atoms with Crippen LogP contribution in [0.2, 0.25) is 0 Å². The Bertz CT molecular complexity index is 342. The maximum Gasteiger partial charge on any atom is 0.307 e. The lowest BCUT2D eigenvalue weighted by atomic mass is 9.96. The zero-order valence-corrected chi connectivity index (χ0v) is 10.7. The highest BCUT2D eigenvalue weighted by atomic mass is 16.4. The fourth-order valence-electron chi connectivity index (χ4n) is 2.88. The number of piperidine rings is 1. The molecule has 1 heterocycles. The van der Waals surface area contributed by atoms with Crippen molar-refractivity contribution in [2.45, 2.75) is 51.2 Å². The van der Waals surface area contributed by atoms with E-state index in [2.05, 4.69) is 0 Å². The summed E-state index contributed by atoms with van der Waals surface area (Å²) in [5.74, 6) is -1.69. The third kappa shape index (κ3) is 2.83. The second-order valence-electron chi connectivity index (χ2n) is 5.55. The summed E-state index contributed by atoms with van der Waals surface area (Å²) >= 11 is 0. The maximum atomic E-state index is 12.2. The van der Waals surface area contributed by atoms with Gasteiger partial charge in [0.1, 0.15) is 0 Å². The molecular weight excluding hydrogens is 234 g/mol. The topological polar surface area (TPSA) is 77.8 Å². The summed E-state index contributed by atoms with van der Waals surface area (Å²) in [5.41, 5.74) is 0. The highest BCUT2D eigenvalue weighted by Crippen LogP contribution is 2.41. The van der Waals surface area contributed by atoms with Crippen LogP contribution in [0.15, 0.2) is 0 Å². The molecule has 2 unspecified atom stereocenters. The number of aliphatic carboxylic acids is 1. The van der Waals surface area contributed by atoms with Crippen LogP contribution < -0.4 is 0 Å². The number of carbonyl (C=O) groups is 2. The van der Waals surface area contributed by atoms with E-state index in [4.69, 9.17) is 5.11 Å². The third-order valence-corrected chi connectivity index (χ3v) is 3.95. The maximum absolute atomic E-state index is 12.2. The molecule has 1 saturated carbocycles. The van der Waals surface area contributed by atoms with E-state index in [1.165, 1.54) is 0 Å². The summed E-state index contributed by atoms with van der Waals surface area (Å²) in [6, 6.07) is 0.0845. The molecule has 1 amide bonds. The molecule has 1 saturated heterocycles. The smallest absolute Gasteiger partial charge is 0.307 e. The second kappa shape index (κ2) is 5.26. The largest absolute Gasteiger partial charge is 0.481 e. The van der Waals surface area contributed by atoms with Crippen molar-refractivity contribution in [3.05, 3.63) is 0 Å². The number of amides is 1. The lowest BCUT2D eigenvalue weighted by molar-refractivity contribution is -0.143. The number of hydrogen-bond acceptors (Lipinski definition) is 3. The number of carbonyl (C=O) groups excluding carboxylic acids is 1. The van der Waals surface area contributed by atoms with Crippen molar-refractivity contribution in [1.29, 1.82) is 0 Å². The van der Waals surface area contributed by atoms with E-state index in [1.54, 1.807) is 6.92 Å². The second-order valence-corrected chi connectivity index (χ2v) is 5.55. The molecule has 2 aliphatic rings. The highest BCUT2D eigenvalue weighted by molar-refractivity contribution is 5.89. The predicted molar refractivity (Wildman–Crippen MR) is 64.9 cm³/mol. The van der Waals surface area contributed by atoms with E-state index < -0.39 is 18.0 Å². The minimum absolute atomic E-state index is 0.0206. The average Bonchev–Trinajstić information content (AvgIpc) is 3.08. The molecule has 5 heteroatoms. The SMILES string of the molecule is CC(O)CC1CCCCN1C(=O)[C@@H]1C[C@@H]1C(=O)O. The molecule has 2 fully saturated rings. The van der Waals surface area contributed by atoms with Gasteiger partial charge in [0.05, 0.1) is 17.9 Å². The van der Waals surface area contributed by atoms with Gasteiger partial charge in [0.15, 0.2) is 0 Å². The molecule has 5 nitrogen and oxygen atoms in total. The molecule has 0 radical (unpaired) electrons. The molecule has 1 aliphatic carbocycles. The molecule has 4 atom stereocenters. The number of nitrogens with zero attached hydrogens (tertiary/aromatic N) is 1. The van der Waals surface area contributed by atoms with Gasteiger partial charge in [0.25, 0.3) is 0 Å². The first-order valence-corrected chi connectivity index (χ1v) is 6.72. The van der Waals surface area contributed by atoms with Gasteiger partial charge in [-0.2, -0.15) is 0 Å². The fraction of sp³-hybridized carbons (Fsp3) is 0.846. The lowest BCUT2D eigenvalue weighted by Crippen LogP contribution is -2.46. The number of aliphatic hydroxyl groups is 1. The highest BCUT2D eigenvalue weighted by Gasteiger charge is 2.50. The van der Waals surface area contributed by atoms with Gasteiger partial charge >= 0.3 is 5.97 Å². The monoisotopic (exact) mass is 255 g/mol. The van der Waals surface area contributed by atoms with Crippen LogP contribution in [0.25, 0.3) is 0 Å². The summed E-state index contributed by atoms with van der Waals surface area (Å²) in [7, 11) is 0. The number of carboxylic acid groups (broad SMARTS) is 1. The van der Waals surface area contributed by atoms with Gasteiger partial charge < -0.3 is 15.1 Å². The first-order valence-electron chi connectivity index (χ1n) is 6.72. The molecule has 102 valence electrons. The van der Waals surface area contributed by atoms with Gasteiger partial charge in [0, 0.05) is 12.6 Å². The van der Waals surface area contributed by atoms with Gasteiger partial charge in [-0.05, 0) is 39.0 Å². The zero-order chi connectivity index (χ0) is 13.3. The molecular formula is C13H21NO4. The zero-order valence-electron chi connectivity index (χ0n) is 10.7. The quantitative estimate of drug-likeness (QED) is 0.781. The molecule has 0 bridgehead atoms. The average molecular weight is 255 g/mol. The normalized spacial score (nSPS) is 33.0. The Morgan fingerprint density at radius 1 is 1.33 bits per heavy atom. The molecule has 0 aromatic rings. The predicted octanol–water partition coefficient (Wildman–Crippen LogP) is 0.859. The van der Waals surface area contributed by atoms with E-state index in [0.717, 1.165) is 19.3 Å². The Kier molecular flexibility index (Phi) is 3.90. The Morgan fingerprint density at radius 2 is 2.06 bits per heavy atom. The Morgan fingerprint density at radius 3 is 2.61 bits per heavy atom. The van der Waals surface area contributed by atoms with Crippen LogP contribution in [0.1, 0.15) is 39.0 Å². The Balaban J connectivity index is 1.96. The minimum Gasteiger partial charge on any atom is -0.481 e. The number of aliphatic hydroxyl groups excluding tert-OH is 1. The summed E-state index contributed by atoms with van der Waals surface area (Å²) in [6.45, 7) is 2.44. The van der Waals surface area contributed by atoms with Crippen LogP contribution in [0.4, 0.5) is 0 Å². The van der Waals surface area contributed by atoms with E-state index in [9.17, 15) is 14.7 Å². The van der Waals surface area contributed by atoms with Crippen molar-refractivity contribution in [3.8, 4) is 0 Å². The van der Waals surface area contributed by atoms with E-state index in [1.807, 2.05) is 4.90 Å². The third-order valence-electron chi connectivity index (χ3n) is 3.95. The van der Waals surface area contributed by atoms with Gasteiger partial charge in [-0.25, -0.2) is 0 Å². The van der Waals surface area contributed by atoms with Crippen LogP contribution >= 0.6 is 0 Å². The van der Waals surface area contributed by atoms with Gasteiger partial charge in [-0.3, -0.25) is 9.59 Å². The van der Waals surface area contributed by atoms with E-state index in [-0.39, 0.29) is 17.9 Å². The van der Waals surface area contributed by atoms with Crippen LogP contribution in [0.3, 0.4) is 0 Å². The number of hydrogen-bond donors (Lipinski definition) is 2. The summed E-state index contributed by atoms with van der Waals surface area (Å²) in [5, 5.41) is 18.3. The molecule has 0 spiro atoms. The van der Waals surface area contributed by atoms with Gasteiger partial charge in [-0.1, -0.05) is 0 Å². The molecule has 18 heavy (non-hydrogen) atoms. The van der Waals surface area contributed by atoms with Gasteiger partial charge in [-0.15, -0.1) is 0 Å².